The second-order valence-electron chi connectivity index (χ2n) is 5.47. The first-order valence-corrected chi connectivity index (χ1v) is 6.43. The maximum atomic E-state index is 5.71. The van der Waals surface area contributed by atoms with Gasteiger partial charge in [-0.2, -0.15) is 15.0 Å². The number of anilines is 2. The van der Waals surface area contributed by atoms with Crippen molar-refractivity contribution in [1.29, 1.82) is 0 Å². The van der Waals surface area contributed by atoms with E-state index in [0.29, 0.717) is 19.1 Å². The van der Waals surface area contributed by atoms with Crippen LogP contribution in [0.1, 0.15) is 27.7 Å². The Bertz CT molecular complexity index is 450. The zero-order chi connectivity index (χ0) is 14.0. The van der Waals surface area contributed by atoms with Crippen molar-refractivity contribution < 1.29 is 9.47 Å². The number of ether oxygens (including phenoxy) is 2. The monoisotopic (exact) mass is 267 g/mol. The highest BCUT2D eigenvalue weighted by molar-refractivity contribution is 5.37. The van der Waals surface area contributed by atoms with Gasteiger partial charge in [-0.25, -0.2) is 0 Å². The summed E-state index contributed by atoms with van der Waals surface area (Å²) < 4.78 is 11.1. The first kappa shape index (κ1) is 13.8. The summed E-state index contributed by atoms with van der Waals surface area (Å²) in [4.78, 5) is 14.5. The van der Waals surface area contributed by atoms with E-state index in [1.165, 1.54) is 0 Å². The molecule has 7 heteroatoms. The molecule has 0 aromatic carbocycles. The zero-order valence-corrected chi connectivity index (χ0v) is 11.9. The molecule has 0 aliphatic carbocycles. The van der Waals surface area contributed by atoms with Gasteiger partial charge in [0, 0.05) is 13.1 Å². The van der Waals surface area contributed by atoms with Crippen molar-refractivity contribution in [2.75, 3.05) is 30.3 Å². The third-order valence-corrected chi connectivity index (χ3v) is 2.67. The Morgan fingerprint density at radius 1 is 1.32 bits per heavy atom. The molecule has 1 fully saturated rings. The standard InChI is InChI=1S/C12H21N5O2/c1-8(2)19-11-15-9(13)14-10(16-11)17-5-6-18-12(3,4)7-17/h8H,5-7H2,1-4H3,(H2,13,14,15,16). The molecule has 1 aromatic rings. The molecule has 19 heavy (non-hydrogen) atoms. The lowest BCUT2D eigenvalue weighted by Crippen LogP contribution is -2.49. The lowest BCUT2D eigenvalue weighted by atomic mass is 10.1. The van der Waals surface area contributed by atoms with Crippen molar-refractivity contribution >= 4 is 11.9 Å². The Hall–Kier alpha value is -1.63. The summed E-state index contributed by atoms with van der Waals surface area (Å²) in [5, 5.41) is 0. The number of hydrogen-bond acceptors (Lipinski definition) is 7. The molecule has 2 rings (SSSR count). The van der Waals surface area contributed by atoms with Crippen LogP contribution in [0.25, 0.3) is 0 Å². The first-order valence-electron chi connectivity index (χ1n) is 6.43. The first-order chi connectivity index (χ1) is 8.85. The van der Waals surface area contributed by atoms with Crippen molar-refractivity contribution in [3.8, 4) is 6.01 Å². The molecule has 2 heterocycles. The van der Waals surface area contributed by atoms with E-state index in [4.69, 9.17) is 15.2 Å². The quantitative estimate of drug-likeness (QED) is 0.869. The molecule has 0 unspecified atom stereocenters. The van der Waals surface area contributed by atoms with Gasteiger partial charge in [-0.3, -0.25) is 0 Å². The SMILES string of the molecule is CC(C)Oc1nc(N)nc(N2CCOC(C)(C)C2)n1. The molecular formula is C12H21N5O2. The molecule has 0 saturated carbocycles. The van der Waals surface area contributed by atoms with Crippen LogP contribution in [0, 0.1) is 0 Å². The number of morpholine rings is 1. The third kappa shape index (κ3) is 3.66. The Balaban J connectivity index is 2.21. The largest absolute Gasteiger partial charge is 0.461 e. The van der Waals surface area contributed by atoms with Crippen LogP contribution in [0.4, 0.5) is 11.9 Å². The summed E-state index contributed by atoms with van der Waals surface area (Å²) in [5.74, 6) is 0.712. The number of nitrogens with zero attached hydrogens (tertiary/aromatic N) is 4. The van der Waals surface area contributed by atoms with Crippen LogP contribution in [0.3, 0.4) is 0 Å². The molecule has 0 atom stereocenters. The van der Waals surface area contributed by atoms with E-state index in [-0.39, 0.29) is 23.7 Å². The molecule has 1 aromatic heterocycles. The van der Waals surface area contributed by atoms with Gasteiger partial charge in [0.15, 0.2) is 0 Å². The van der Waals surface area contributed by atoms with Crippen LogP contribution < -0.4 is 15.4 Å². The average molecular weight is 267 g/mol. The van der Waals surface area contributed by atoms with Crippen LogP contribution in [0.2, 0.25) is 0 Å². The van der Waals surface area contributed by atoms with E-state index in [1.807, 2.05) is 32.6 Å². The highest BCUT2D eigenvalue weighted by Gasteiger charge is 2.29. The van der Waals surface area contributed by atoms with Crippen LogP contribution >= 0.6 is 0 Å². The molecule has 0 bridgehead atoms. The second kappa shape index (κ2) is 5.16. The predicted molar refractivity (Wildman–Crippen MR) is 72.2 cm³/mol. The van der Waals surface area contributed by atoms with Gasteiger partial charge < -0.3 is 20.1 Å². The summed E-state index contributed by atoms with van der Waals surface area (Å²) in [6.07, 6.45) is -0.00391. The number of hydrogen-bond donors (Lipinski definition) is 1. The molecule has 106 valence electrons. The predicted octanol–water partition coefficient (Wildman–Crippen LogP) is 0.856. The van der Waals surface area contributed by atoms with Crippen molar-refractivity contribution in [3.63, 3.8) is 0 Å². The topological polar surface area (TPSA) is 86.4 Å². The third-order valence-electron chi connectivity index (χ3n) is 2.67. The Labute approximate surface area is 113 Å². The van der Waals surface area contributed by atoms with Gasteiger partial charge in [0.25, 0.3) is 0 Å². The maximum Gasteiger partial charge on any atom is 0.323 e. The maximum absolute atomic E-state index is 5.71. The van der Waals surface area contributed by atoms with Crippen LogP contribution in [0.15, 0.2) is 0 Å². The molecule has 1 aliphatic heterocycles. The summed E-state index contributed by atoms with van der Waals surface area (Å²) >= 11 is 0. The highest BCUT2D eigenvalue weighted by atomic mass is 16.5. The van der Waals surface area contributed by atoms with Crippen molar-refractivity contribution in [1.82, 2.24) is 15.0 Å². The Morgan fingerprint density at radius 2 is 2.05 bits per heavy atom. The molecule has 1 aliphatic rings. The van der Waals surface area contributed by atoms with E-state index in [2.05, 4.69) is 15.0 Å². The van der Waals surface area contributed by atoms with Gasteiger partial charge in [-0.05, 0) is 27.7 Å². The molecule has 2 N–H and O–H groups in total. The molecule has 7 nitrogen and oxygen atoms in total. The van der Waals surface area contributed by atoms with E-state index in [1.54, 1.807) is 0 Å². The average Bonchev–Trinajstić information content (AvgIpc) is 2.25. The van der Waals surface area contributed by atoms with Crippen LogP contribution in [-0.4, -0.2) is 46.4 Å². The van der Waals surface area contributed by atoms with Gasteiger partial charge in [0.1, 0.15) is 0 Å². The van der Waals surface area contributed by atoms with E-state index >= 15 is 0 Å². The minimum Gasteiger partial charge on any atom is -0.461 e. The molecule has 0 radical (unpaired) electrons. The Morgan fingerprint density at radius 3 is 2.68 bits per heavy atom. The zero-order valence-electron chi connectivity index (χ0n) is 11.9. The molecule has 0 amide bonds. The lowest BCUT2D eigenvalue weighted by molar-refractivity contribution is -0.0282. The van der Waals surface area contributed by atoms with Crippen molar-refractivity contribution in [2.45, 2.75) is 39.4 Å². The lowest BCUT2D eigenvalue weighted by Gasteiger charge is -2.38. The molecular weight excluding hydrogens is 246 g/mol. The van der Waals surface area contributed by atoms with Crippen LogP contribution in [-0.2, 0) is 4.74 Å². The van der Waals surface area contributed by atoms with Crippen LogP contribution in [0.5, 0.6) is 6.01 Å². The van der Waals surface area contributed by atoms with Gasteiger partial charge >= 0.3 is 6.01 Å². The normalized spacial score (nSPS) is 18.7. The number of rotatable bonds is 3. The number of nitrogens with two attached hydrogens (primary N) is 1. The minimum atomic E-state index is -0.224. The summed E-state index contributed by atoms with van der Waals surface area (Å²) in [5.41, 5.74) is 5.49. The Kier molecular flexibility index (Phi) is 3.75. The van der Waals surface area contributed by atoms with E-state index in [0.717, 1.165) is 6.54 Å². The van der Waals surface area contributed by atoms with Gasteiger partial charge in [-0.1, -0.05) is 0 Å². The van der Waals surface area contributed by atoms with Crippen molar-refractivity contribution in [2.24, 2.45) is 0 Å². The summed E-state index contributed by atoms with van der Waals surface area (Å²) in [6.45, 7) is 9.98. The smallest absolute Gasteiger partial charge is 0.323 e. The fourth-order valence-corrected chi connectivity index (χ4v) is 1.95. The van der Waals surface area contributed by atoms with Crippen molar-refractivity contribution in [3.05, 3.63) is 0 Å². The van der Waals surface area contributed by atoms with Gasteiger partial charge in [0.05, 0.1) is 18.3 Å². The number of aromatic nitrogens is 3. The number of nitrogen functional groups attached to an aromatic ring is 1. The molecule has 0 spiro atoms. The van der Waals surface area contributed by atoms with Gasteiger partial charge in [0.2, 0.25) is 11.9 Å². The second-order valence-corrected chi connectivity index (χ2v) is 5.47. The van der Waals surface area contributed by atoms with Gasteiger partial charge in [-0.15, -0.1) is 0 Å². The van der Waals surface area contributed by atoms with E-state index in [9.17, 15) is 0 Å². The minimum absolute atomic E-state index is 0.00391. The highest BCUT2D eigenvalue weighted by Crippen LogP contribution is 2.22. The van der Waals surface area contributed by atoms with E-state index < -0.39 is 0 Å². The summed E-state index contributed by atoms with van der Waals surface area (Å²) in [6, 6.07) is 0.266. The molecule has 1 saturated heterocycles. The fraction of sp³-hybridized carbons (Fsp3) is 0.750. The fourth-order valence-electron chi connectivity index (χ4n) is 1.95. The summed E-state index contributed by atoms with van der Waals surface area (Å²) in [7, 11) is 0.